The monoisotopic (exact) mass is 212 g/mol. The van der Waals surface area contributed by atoms with Gasteiger partial charge in [-0.3, -0.25) is 4.79 Å². The molecule has 4 heteroatoms. The Labute approximate surface area is 89.4 Å². The summed E-state index contributed by atoms with van der Waals surface area (Å²) in [5.41, 5.74) is 1.55. The van der Waals surface area contributed by atoms with Crippen LogP contribution in [0.3, 0.4) is 0 Å². The molecule has 0 bridgehead atoms. The van der Waals surface area contributed by atoms with Crippen molar-refractivity contribution in [2.75, 3.05) is 30.9 Å². The van der Waals surface area contributed by atoms with Gasteiger partial charge in [0, 0.05) is 20.6 Å². The summed E-state index contributed by atoms with van der Waals surface area (Å²) >= 11 is 4.97. The average molecular weight is 212 g/mol. The van der Waals surface area contributed by atoms with E-state index in [-0.39, 0.29) is 5.43 Å². The Kier molecular flexibility index (Phi) is 3.63. The maximum absolute atomic E-state index is 11.4. The van der Waals surface area contributed by atoms with Gasteiger partial charge < -0.3 is 10.2 Å². The van der Waals surface area contributed by atoms with Gasteiger partial charge in [0.15, 0.2) is 0 Å². The lowest BCUT2D eigenvalue weighted by atomic mass is 10.2. The summed E-state index contributed by atoms with van der Waals surface area (Å²) < 4.78 is 0.453. The number of unbranched alkanes of at least 4 members (excludes halogenated alkanes) is 1. The molecule has 0 amide bonds. The molecule has 1 aromatic carbocycles. The number of rotatable bonds is 5. The highest BCUT2D eigenvalue weighted by atomic mass is 32.1. The maximum atomic E-state index is 11.4. The topological polar surface area (TPSA) is 32.3 Å². The molecular weight excluding hydrogens is 196 g/mol. The third kappa shape index (κ3) is 1.95. The van der Waals surface area contributed by atoms with Crippen molar-refractivity contribution in [1.29, 1.82) is 0 Å². The maximum Gasteiger partial charge on any atom is 0.223 e. The normalized spacial score (nSPS) is 10.5. The van der Waals surface area contributed by atoms with Crippen molar-refractivity contribution in [2.24, 2.45) is 0 Å². The molecule has 1 aromatic rings. The molecule has 14 heavy (non-hydrogen) atoms. The van der Waals surface area contributed by atoms with Gasteiger partial charge in [0.05, 0.1) is 5.69 Å². The van der Waals surface area contributed by atoms with E-state index in [9.17, 15) is 4.79 Å². The summed E-state index contributed by atoms with van der Waals surface area (Å²) in [5.74, 6) is 0. The molecule has 0 radical (unpaired) electrons. The van der Waals surface area contributed by atoms with Crippen molar-refractivity contribution < 1.29 is 0 Å². The first-order valence-electron chi connectivity index (χ1n) is 4.84. The zero-order valence-corrected chi connectivity index (χ0v) is 9.70. The zero-order chi connectivity index (χ0) is 10.7. The van der Waals surface area contributed by atoms with E-state index in [1.165, 1.54) is 0 Å². The Morgan fingerprint density at radius 3 is 2.57 bits per heavy atom. The summed E-state index contributed by atoms with van der Waals surface area (Å²) in [6.07, 6.45) is 2.19. The molecule has 0 aliphatic rings. The lowest BCUT2D eigenvalue weighted by molar-refractivity contribution is 0.832. The summed E-state index contributed by atoms with van der Waals surface area (Å²) in [4.78, 5) is 13.3. The Balaban J connectivity index is 2.73. The van der Waals surface area contributed by atoms with Crippen LogP contribution in [0.4, 0.5) is 11.4 Å². The molecule has 0 aliphatic carbocycles. The number of nitrogens with zero attached hydrogens (tertiary/aromatic N) is 1. The first-order valence-corrected chi connectivity index (χ1v) is 5.25. The fraction of sp³-hybridized carbons (Fsp3) is 0.600. The van der Waals surface area contributed by atoms with Crippen LogP contribution in [0.5, 0.6) is 0 Å². The molecule has 0 heterocycles. The van der Waals surface area contributed by atoms with Gasteiger partial charge in [-0.25, -0.2) is 0 Å². The first-order chi connectivity index (χ1) is 6.59. The number of nitrogens with one attached hydrogen (secondary N) is 1. The van der Waals surface area contributed by atoms with Gasteiger partial charge >= 0.3 is 0 Å². The Hall–Kier alpha value is -0.900. The van der Waals surface area contributed by atoms with Gasteiger partial charge in [0.2, 0.25) is 5.43 Å². The molecular formula is C10H16N2OS. The van der Waals surface area contributed by atoms with Gasteiger partial charge in [-0.15, -0.1) is 0 Å². The molecule has 0 spiro atoms. The highest BCUT2D eigenvalue weighted by Gasteiger charge is 2.18. The second-order valence-electron chi connectivity index (χ2n) is 3.56. The molecule has 0 fully saturated rings. The largest absolute Gasteiger partial charge is 0.380 e. The van der Waals surface area contributed by atoms with Crippen LogP contribution in [0, 0.1) is 4.51 Å². The third-order valence-corrected chi connectivity index (χ3v) is 2.54. The van der Waals surface area contributed by atoms with E-state index in [1.807, 2.05) is 19.0 Å². The minimum absolute atomic E-state index is 0.0141. The second-order valence-corrected chi connectivity index (χ2v) is 3.96. The number of anilines is 2. The van der Waals surface area contributed by atoms with Gasteiger partial charge in [0.25, 0.3) is 0 Å². The minimum atomic E-state index is -0.0141. The summed E-state index contributed by atoms with van der Waals surface area (Å²) in [5, 5.41) is 3.13. The fourth-order valence-corrected chi connectivity index (χ4v) is 1.75. The molecule has 3 nitrogen and oxygen atoms in total. The zero-order valence-electron chi connectivity index (χ0n) is 8.89. The molecule has 0 atom stereocenters. The predicted octanol–water partition coefficient (Wildman–Crippen LogP) is 1.93. The molecule has 0 saturated carbocycles. The highest BCUT2D eigenvalue weighted by Crippen LogP contribution is 2.25. The average Bonchev–Trinajstić information content (AvgIpc) is 2.15. The Morgan fingerprint density at radius 2 is 2.07 bits per heavy atom. The number of hydrogen-bond donors (Lipinski definition) is 1. The molecule has 0 unspecified atom stereocenters. The lowest BCUT2D eigenvalue weighted by Gasteiger charge is -2.20. The van der Waals surface area contributed by atoms with E-state index in [4.69, 9.17) is 12.2 Å². The SMILES string of the molecule is CCCCNc1c(N(C)C)c(=S)c1=O. The van der Waals surface area contributed by atoms with E-state index < -0.39 is 0 Å². The minimum Gasteiger partial charge on any atom is -0.380 e. The van der Waals surface area contributed by atoms with E-state index in [0.717, 1.165) is 25.1 Å². The molecule has 0 saturated heterocycles. The van der Waals surface area contributed by atoms with Crippen molar-refractivity contribution in [3.05, 3.63) is 14.7 Å². The Bertz CT molecular complexity index is 377. The van der Waals surface area contributed by atoms with Crippen molar-refractivity contribution in [3.63, 3.8) is 0 Å². The molecule has 78 valence electrons. The predicted molar refractivity (Wildman–Crippen MR) is 63.6 cm³/mol. The van der Waals surface area contributed by atoms with Gasteiger partial charge in [0.1, 0.15) is 10.2 Å². The van der Waals surface area contributed by atoms with Gasteiger partial charge in [-0.05, 0) is 6.42 Å². The van der Waals surface area contributed by atoms with Crippen LogP contribution in [0.1, 0.15) is 19.8 Å². The van der Waals surface area contributed by atoms with Crippen LogP contribution in [0.25, 0.3) is 0 Å². The molecule has 1 rings (SSSR count). The van der Waals surface area contributed by atoms with Gasteiger partial charge in [-0.2, -0.15) is 0 Å². The summed E-state index contributed by atoms with van der Waals surface area (Å²) in [6, 6.07) is 0. The van der Waals surface area contributed by atoms with Crippen molar-refractivity contribution in [1.82, 2.24) is 0 Å². The quantitative estimate of drug-likeness (QED) is 0.597. The second kappa shape index (κ2) is 4.55. The van der Waals surface area contributed by atoms with Crippen LogP contribution < -0.4 is 15.6 Å². The molecule has 0 aromatic heterocycles. The lowest BCUT2D eigenvalue weighted by Crippen LogP contribution is -2.25. The van der Waals surface area contributed by atoms with E-state index in [2.05, 4.69) is 12.2 Å². The fourth-order valence-electron chi connectivity index (χ4n) is 1.36. The van der Waals surface area contributed by atoms with E-state index >= 15 is 0 Å². The van der Waals surface area contributed by atoms with Crippen molar-refractivity contribution in [2.45, 2.75) is 19.8 Å². The summed E-state index contributed by atoms with van der Waals surface area (Å²) in [7, 11) is 3.80. The standard InChI is InChI=1S/C10H16N2OS/c1-4-5-6-11-7-8(12(2)3)10(14)9(7)13/h11H,4-6H2,1-3H3. The van der Waals surface area contributed by atoms with Crippen LogP contribution in [-0.4, -0.2) is 20.6 Å². The van der Waals surface area contributed by atoms with E-state index in [1.54, 1.807) is 0 Å². The summed E-state index contributed by atoms with van der Waals surface area (Å²) in [6.45, 7) is 2.97. The molecule has 0 aliphatic heterocycles. The smallest absolute Gasteiger partial charge is 0.223 e. The first kappa shape index (κ1) is 11.2. The third-order valence-electron chi connectivity index (χ3n) is 2.16. The van der Waals surface area contributed by atoms with Gasteiger partial charge in [-0.1, -0.05) is 25.6 Å². The van der Waals surface area contributed by atoms with Crippen molar-refractivity contribution >= 4 is 23.6 Å². The van der Waals surface area contributed by atoms with E-state index in [0.29, 0.717) is 10.2 Å². The molecule has 1 N–H and O–H groups in total. The van der Waals surface area contributed by atoms with Crippen LogP contribution in [0.2, 0.25) is 0 Å². The van der Waals surface area contributed by atoms with Crippen LogP contribution in [-0.2, 0) is 0 Å². The van der Waals surface area contributed by atoms with Crippen LogP contribution in [0.15, 0.2) is 4.79 Å². The van der Waals surface area contributed by atoms with Crippen molar-refractivity contribution in [3.8, 4) is 0 Å². The highest BCUT2D eigenvalue weighted by molar-refractivity contribution is 7.71. The Morgan fingerprint density at radius 1 is 1.43 bits per heavy atom. The number of hydrogen-bond acceptors (Lipinski definition) is 4. The van der Waals surface area contributed by atoms with Crippen LogP contribution >= 0.6 is 12.2 Å².